The van der Waals surface area contributed by atoms with E-state index in [0.29, 0.717) is 12.8 Å². The number of nitrogens with one attached hydrogen (secondary N) is 1. The second-order valence-electron chi connectivity index (χ2n) is 4.45. The van der Waals surface area contributed by atoms with Gasteiger partial charge in [-0.2, -0.15) is 0 Å². The van der Waals surface area contributed by atoms with Crippen molar-refractivity contribution >= 4 is 15.7 Å². The van der Waals surface area contributed by atoms with Crippen molar-refractivity contribution in [3.63, 3.8) is 0 Å². The van der Waals surface area contributed by atoms with E-state index in [1.807, 2.05) is 0 Å². The van der Waals surface area contributed by atoms with E-state index < -0.39 is 31.9 Å². The number of aliphatic hydroxyl groups excluding tert-OH is 1. The molecule has 1 aliphatic rings. The molecule has 19 heavy (non-hydrogen) atoms. The molecule has 0 unspecified atom stereocenters. The van der Waals surface area contributed by atoms with E-state index in [-0.39, 0.29) is 11.5 Å². The van der Waals surface area contributed by atoms with Gasteiger partial charge in [-0.25, -0.2) is 13.1 Å². The van der Waals surface area contributed by atoms with E-state index in [1.165, 1.54) is 0 Å². The van der Waals surface area contributed by atoms with Crippen molar-refractivity contribution in [2.24, 2.45) is 0 Å². The summed E-state index contributed by atoms with van der Waals surface area (Å²) in [6.45, 7) is -0.327. The number of rotatable bonds is 5. The number of hydrogen-bond acceptors (Lipinski definition) is 6. The van der Waals surface area contributed by atoms with Crippen LogP contribution in [0.2, 0.25) is 0 Å². The minimum absolute atomic E-state index is 0.322. The highest BCUT2D eigenvalue weighted by Crippen LogP contribution is 2.37. The van der Waals surface area contributed by atoms with Gasteiger partial charge in [0.15, 0.2) is 5.75 Å². The molecule has 8 nitrogen and oxygen atoms in total. The summed E-state index contributed by atoms with van der Waals surface area (Å²) in [6.07, 6.45) is 1.03. The average Bonchev–Trinajstić information content (AvgIpc) is 3.08. The Morgan fingerprint density at radius 2 is 2.05 bits per heavy atom. The molecule has 0 bridgehead atoms. The van der Waals surface area contributed by atoms with Crippen LogP contribution < -0.4 is 4.72 Å². The largest absolute Gasteiger partial charge is 0.502 e. The van der Waals surface area contributed by atoms with Crippen LogP contribution in [0.1, 0.15) is 12.8 Å². The van der Waals surface area contributed by atoms with Crippen molar-refractivity contribution in [3.8, 4) is 5.75 Å². The molecule has 0 aromatic heterocycles. The first-order valence-corrected chi connectivity index (χ1v) is 6.90. The molecule has 0 saturated heterocycles. The summed E-state index contributed by atoms with van der Waals surface area (Å²) >= 11 is 0. The van der Waals surface area contributed by atoms with Gasteiger partial charge in [-0.15, -0.1) is 0 Å². The predicted octanol–water partition coefficient (Wildman–Crippen LogP) is 0.104. The molecule has 0 heterocycles. The predicted molar refractivity (Wildman–Crippen MR) is 64.1 cm³/mol. The van der Waals surface area contributed by atoms with Gasteiger partial charge in [0, 0.05) is 6.07 Å². The lowest BCUT2D eigenvalue weighted by Gasteiger charge is -2.14. The number of sulfonamides is 1. The first-order chi connectivity index (χ1) is 8.80. The molecule has 2 rings (SSSR count). The lowest BCUT2D eigenvalue weighted by atomic mass is 10.3. The molecule has 0 atom stereocenters. The molecule has 1 saturated carbocycles. The van der Waals surface area contributed by atoms with Crippen LogP contribution in [0, 0.1) is 10.1 Å². The Labute approximate surface area is 108 Å². The molecule has 9 heteroatoms. The number of nitro benzene ring substituents is 1. The third-order valence-electron chi connectivity index (χ3n) is 2.96. The third-order valence-corrected chi connectivity index (χ3v) is 4.54. The molecule has 1 aromatic rings. The fourth-order valence-corrected chi connectivity index (χ4v) is 3.07. The number of phenols is 1. The summed E-state index contributed by atoms with van der Waals surface area (Å²) in [4.78, 5) is 9.45. The highest BCUT2D eigenvalue weighted by atomic mass is 32.2. The van der Waals surface area contributed by atoms with Gasteiger partial charge in [-0.05, 0) is 25.0 Å². The van der Waals surface area contributed by atoms with Crippen LogP contribution in [-0.2, 0) is 10.0 Å². The van der Waals surface area contributed by atoms with E-state index in [1.54, 1.807) is 0 Å². The number of aromatic hydroxyl groups is 1. The number of benzene rings is 1. The zero-order chi connectivity index (χ0) is 14.3. The van der Waals surface area contributed by atoms with Crippen molar-refractivity contribution < 1.29 is 23.6 Å². The topological polar surface area (TPSA) is 130 Å². The molecule has 0 radical (unpaired) electrons. The molecule has 1 aliphatic carbocycles. The maximum atomic E-state index is 12.0. The first-order valence-electron chi connectivity index (χ1n) is 5.42. The van der Waals surface area contributed by atoms with E-state index in [2.05, 4.69) is 4.72 Å². The second-order valence-corrected chi connectivity index (χ2v) is 6.13. The summed E-state index contributed by atoms with van der Waals surface area (Å²) in [5.74, 6) is -0.604. The summed E-state index contributed by atoms with van der Waals surface area (Å²) in [5, 5.41) is 29.0. The Balaban J connectivity index is 2.36. The molecule has 0 spiro atoms. The second kappa shape index (κ2) is 4.44. The van der Waals surface area contributed by atoms with Crippen molar-refractivity contribution in [2.75, 3.05) is 6.61 Å². The summed E-state index contributed by atoms with van der Waals surface area (Å²) in [7, 11) is -3.97. The highest BCUT2D eigenvalue weighted by Gasteiger charge is 2.45. The molecule has 1 fully saturated rings. The van der Waals surface area contributed by atoms with E-state index >= 15 is 0 Å². The van der Waals surface area contributed by atoms with Gasteiger partial charge in [0.1, 0.15) is 0 Å². The summed E-state index contributed by atoms with van der Waals surface area (Å²) in [6, 6.07) is 2.80. The first kappa shape index (κ1) is 13.7. The van der Waals surface area contributed by atoms with Crippen molar-refractivity contribution in [2.45, 2.75) is 23.3 Å². The smallest absolute Gasteiger partial charge is 0.312 e. The molecule has 1 aromatic carbocycles. The number of nitro groups is 1. The third kappa shape index (κ3) is 2.67. The zero-order valence-electron chi connectivity index (χ0n) is 9.74. The van der Waals surface area contributed by atoms with Crippen LogP contribution in [0.15, 0.2) is 23.1 Å². The minimum atomic E-state index is -3.97. The lowest BCUT2D eigenvalue weighted by molar-refractivity contribution is -0.386. The van der Waals surface area contributed by atoms with Crippen molar-refractivity contribution in [1.29, 1.82) is 0 Å². The van der Waals surface area contributed by atoms with Crippen LogP contribution in [0.25, 0.3) is 0 Å². The summed E-state index contributed by atoms with van der Waals surface area (Å²) < 4.78 is 26.3. The molecular formula is C10H12N2O6S. The molecular weight excluding hydrogens is 276 g/mol. The SMILES string of the molecule is O=[N+]([O-])c1cc(S(=O)(=O)NC2(CO)CC2)ccc1O. The maximum Gasteiger partial charge on any atom is 0.312 e. The fraction of sp³-hybridized carbons (Fsp3) is 0.400. The monoisotopic (exact) mass is 288 g/mol. The zero-order valence-corrected chi connectivity index (χ0v) is 10.6. The number of hydrogen-bond donors (Lipinski definition) is 3. The Morgan fingerprint density at radius 3 is 2.53 bits per heavy atom. The summed E-state index contributed by atoms with van der Waals surface area (Å²) in [5.41, 5.74) is -1.54. The average molecular weight is 288 g/mol. The Hall–Kier alpha value is -1.71. The minimum Gasteiger partial charge on any atom is -0.502 e. The normalized spacial score (nSPS) is 17.1. The van der Waals surface area contributed by atoms with Gasteiger partial charge in [0.2, 0.25) is 10.0 Å². The number of nitrogens with zero attached hydrogens (tertiary/aromatic N) is 1. The van der Waals surface area contributed by atoms with Gasteiger partial charge in [-0.3, -0.25) is 10.1 Å². The van der Waals surface area contributed by atoms with Crippen LogP contribution in [0.5, 0.6) is 5.75 Å². The van der Waals surface area contributed by atoms with Crippen LogP contribution in [-0.4, -0.2) is 35.7 Å². The molecule has 104 valence electrons. The maximum absolute atomic E-state index is 12.0. The van der Waals surface area contributed by atoms with Gasteiger partial charge < -0.3 is 10.2 Å². The van der Waals surface area contributed by atoms with Gasteiger partial charge in [0.25, 0.3) is 0 Å². The molecule has 0 amide bonds. The van der Waals surface area contributed by atoms with Crippen molar-refractivity contribution in [1.82, 2.24) is 4.72 Å². The Kier molecular flexibility index (Phi) is 3.20. The van der Waals surface area contributed by atoms with Crippen molar-refractivity contribution in [3.05, 3.63) is 28.3 Å². The fourth-order valence-electron chi connectivity index (χ4n) is 1.60. The van der Waals surface area contributed by atoms with Gasteiger partial charge in [-0.1, -0.05) is 0 Å². The quantitative estimate of drug-likeness (QED) is 0.520. The molecule has 0 aliphatic heterocycles. The Morgan fingerprint density at radius 1 is 1.42 bits per heavy atom. The van der Waals surface area contributed by atoms with E-state index in [4.69, 9.17) is 5.11 Å². The highest BCUT2D eigenvalue weighted by molar-refractivity contribution is 7.89. The number of aliphatic hydroxyl groups is 1. The van der Waals surface area contributed by atoms with Crippen LogP contribution in [0.4, 0.5) is 5.69 Å². The number of phenolic OH excluding ortho intramolecular Hbond substituents is 1. The van der Waals surface area contributed by atoms with Gasteiger partial charge >= 0.3 is 5.69 Å². The Bertz CT molecular complexity index is 623. The van der Waals surface area contributed by atoms with Crippen LogP contribution in [0.3, 0.4) is 0 Å². The van der Waals surface area contributed by atoms with E-state index in [9.17, 15) is 23.6 Å². The van der Waals surface area contributed by atoms with Gasteiger partial charge in [0.05, 0.1) is 22.0 Å². The van der Waals surface area contributed by atoms with Crippen LogP contribution >= 0.6 is 0 Å². The standard InChI is InChI=1S/C10H12N2O6S/c13-6-10(3-4-10)11-19(17,18)7-1-2-9(14)8(5-7)12(15)16/h1-2,5,11,13-14H,3-4,6H2. The molecule has 3 N–H and O–H groups in total. The van der Waals surface area contributed by atoms with E-state index in [0.717, 1.165) is 18.2 Å². The lowest BCUT2D eigenvalue weighted by Crippen LogP contribution is -2.39.